The Balaban J connectivity index is 1.59. The molecule has 2 unspecified atom stereocenters. The monoisotopic (exact) mass is 415 g/mol. The molecule has 2 heterocycles. The van der Waals surface area contributed by atoms with E-state index in [4.69, 9.17) is 0 Å². The summed E-state index contributed by atoms with van der Waals surface area (Å²) in [4.78, 5) is 6.80. The molecule has 30 heavy (non-hydrogen) atoms. The van der Waals surface area contributed by atoms with Gasteiger partial charge in [-0.1, -0.05) is 42.5 Å². The molecule has 0 bridgehead atoms. The number of benzene rings is 2. The van der Waals surface area contributed by atoms with Crippen molar-refractivity contribution in [2.45, 2.75) is 24.7 Å². The molecule has 0 aromatic heterocycles. The number of hydrogen-bond acceptors (Lipinski definition) is 3. The van der Waals surface area contributed by atoms with Crippen molar-refractivity contribution in [1.82, 2.24) is 9.80 Å². The fraction of sp³-hybridized carbons (Fsp3) is 0.417. The average molecular weight is 416 g/mol. The van der Waals surface area contributed by atoms with E-state index in [0.717, 1.165) is 32.1 Å². The van der Waals surface area contributed by atoms with Crippen molar-refractivity contribution in [3.63, 3.8) is 0 Å². The summed E-state index contributed by atoms with van der Waals surface area (Å²) in [6, 6.07) is 16.6. The van der Waals surface area contributed by atoms with E-state index in [0.29, 0.717) is 12.2 Å². The zero-order valence-electron chi connectivity index (χ0n) is 17.4. The number of alkyl halides is 3. The third-order valence-electron chi connectivity index (χ3n) is 6.39. The second-order valence-electron chi connectivity index (χ2n) is 8.32. The normalized spacial score (nSPS) is 24.0. The lowest BCUT2D eigenvalue weighted by molar-refractivity contribution is -0.137. The Hall–Kier alpha value is -2.31. The van der Waals surface area contributed by atoms with Gasteiger partial charge in [0.25, 0.3) is 0 Å². The first-order valence-corrected chi connectivity index (χ1v) is 10.4. The van der Waals surface area contributed by atoms with Crippen LogP contribution in [0.4, 0.5) is 18.9 Å². The minimum Gasteiger partial charge on any atom is -0.369 e. The standard InChI is InChI=1S/C24H28F3N3/c1-28-12-11-19(18-7-4-3-5-8-18)15-22(28)23-17-30(14-13-29(23)2)21-10-6-9-20(16-21)24(25,26)27/h3-10,15-16,22-23H,11-14,17H2,1-2H3. The first-order valence-electron chi connectivity index (χ1n) is 10.4. The molecular weight excluding hydrogens is 387 g/mol. The van der Waals surface area contributed by atoms with Crippen molar-refractivity contribution < 1.29 is 13.2 Å². The van der Waals surface area contributed by atoms with E-state index >= 15 is 0 Å². The molecule has 2 aliphatic rings. The fourth-order valence-electron chi connectivity index (χ4n) is 4.54. The lowest BCUT2D eigenvalue weighted by atomic mass is 9.91. The highest BCUT2D eigenvalue weighted by Crippen LogP contribution is 2.33. The van der Waals surface area contributed by atoms with Crippen LogP contribution in [-0.4, -0.2) is 62.2 Å². The van der Waals surface area contributed by atoms with Crippen LogP contribution in [0.5, 0.6) is 0 Å². The molecule has 2 aliphatic heterocycles. The summed E-state index contributed by atoms with van der Waals surface area (Å²) in [6.07, 6.45) is -0.959. The Morgan fingerprint density at radius 3 is 2.37 bits per heavy atom. The van der Waals surface area contributed by atoms with Gasteiger partial charge in [0.05, 0.1) is 5.56 Å². The fourth-order valence-corrected chi connectivity index (χ4v) is 4.54. The van der Waals surface area contributed by atoms with Crippen LogP contribution in [0.25, 0.3) is 5.57 Å². The van der Waals surface area contributed by atoms with Gasteiger partial charge < -0.3 is 4.90 Å². The highest BCUT2D eigenvalue weighted by molar-refractivity contribution is 5.67. The minimum atomic E-state index is -4.32. The third-order valence-corrected chi connectivity index (χ3v) is 6.39. The van der Waals surface area contributed by atoms with Gasteiger partial charge in [-0.05, 0) is 49.9 Å². The summed E-state index contributed by atoms with van der Waals surface area (Å²) >= 11 is 0. The number of nitrogens with zero attached hydrogens (tertiary/aromatic N) is 3. The molecule has 0 radical (unpaired) electrons. The maximum absolute atomic E-state index is 13.2. The molecule has 0 amide bonds. The van der Waals surface area contributed by atoms with Gasteiger partial charge in [-0.25, -0.2) is 0 Å². The molecule has 4 rings (SSSR count). The maximum atomic E-state index is 13.2. The predicted molar refractivity (Wildman–Crippen MR) is 116 cm³/mol. The summed E-state index contributed by atoms with van der Waals surface area (Å²) in [5.74, 6) is 0. The van der Waals surface area contributed by atoms with Crippen LogP contribution in [0.1, 0.15) is 17.5 Å². The molecule has 160 valence electrons. The summed E-state index contributed by atoms with van der Waals surface area (Å²) in [5.41, 5.74) is 2.66. The van der Waals surface area contributed by atoms with Gasteiger partial charge in [0.15, 0.2) is 0 Å². The quantitative estimate of drug-likeness (QED) is 0.725. The van der Waals surface area contributed by atoms with Crippen LogP contribution in [0, 0.1) is 0 Å². The first kappa shape index (κ1) is 20.9. The molecule has 2 aromatic carbocycles. The van der Waals surface area contributed by atoms with E-state index in [1.165, 1.54) is 23.3 Å². The van der Waals surface area contributed by atoms with Crippen molar-refractivity contribution in [2.24, 2.45) is 0 Å². The van der Waals surface area contributed by atoms with E-state index in [-0.39, 0.29) is 12.1 Å². The Labute approximate surface area is 176 Å². The highest BCUT2D eigenvalue weighted by Gasteiger charge is 2.35. The van der Waals surface area contributed by atoms with E-state index in [9.17, 15) is 13.2 Å². The smallest absolute Gasteiger partial charge is 0.369 e. The van der Waals surface area contributed by atoms with Gasteiger partial charge in [0, 0.05) is 44.0 Å². The topological polar surface area (TPSA) is 9.72 Å². The molecule has 6 heteroatoms. The second kappa shape index (κ2) is 8.44. The number of rotatable bonds is 3. The molecule has 0 spiro atoms. The van der Waals surface area contributed by atoms with Crippen LogP contribution in [-0.2, 0) is 6.18 Å². The van der Waals surface area contributed by atoms with Gasteiger partial charge in [0.2, 0.25) is 0 Å². The molecular formula is C24H28F3N3. The third kappa shape index (κ3) is 4.40. The Bertz CT molecular complexity index is 894. The molecule has 2 atom stereocenters. The average Bonchev–Trinajstić information content (AvgIpc) is 2.75. The summed E-state index contributed by atoms with van der Waals surface area (Å²) in [7, 11) is 4.26. The summed E-state index contributed by atoms with van der Waals surface area (Å²) < 4.78 is 39.5. The van der Waals surface area contributed by atoms with Crippen LogP contribution < -0.4 is 4.90 Å². The molecule has 0 N–H and O–H groups in total. The SMILES string of the molecule is CN1CCC(c2ccccc2)=CC1C1CN(c2cccc(C(F)(F)F)c2)CCN1C. The molecule has 0 saturated carbocycles. The maximum Gasteiger partial charge on any atom is 0.416 e. The Kier molecular flexibility index (Phi) is 5.89. The van der Waals surface area contributed by atoms with Crippen LogP contribution in [0.3, 0.4) is 0 Å². The molecule has 2 aromatic rings. The van der Waals surface area contributed by atoms with Crippen molar-refractivity contribution in [2.75, 3.05) is 45.2 Å². The Morgan fingerprint density at radius 2 is 1.63 bits per heavy atom. The van der Waals surface area contributed by atoms with Gasteiger partial charge in [-0.2, -0.15) is 13.2 Å². The number of piperazine rings is 1. The van der Waals surface area contributed by atoms with Crippen LogP contribution in [0.15, 0.2) is 60.7 Å². The Morgan fingerprint density at radius 1 is 0.867 bits per heavy atom. The second-order valence-corrected chi connectivity index (χ2v) is 8.32. The zero-order valence-corrected chi connectivity index (χ0v) is 17.4. The van der Waals surface area contributed by atoms with Gasteiger partial charge in [-0.15, -0.1) is 0 Å². The lowest BCUT2D eigenvalue weighted by Crippen LogP contribution is -2.60. The largest absolute Gasteiger partial charge is 0.416 e. The van der Waals surface area contributed by atoms with Crippen molar-refractivity contribution in [3.05, 3.63) is 71.8 Å². The highest BCUT2D eigenvalue weighted by atomic mass is 19.4. The van der Waals surface area contributed by atoms with Crippen LogP contribution in [0.2, 0.25) is 0 Å². The van der Waals surface area contributed by atoms with E-state index in [2.05, 4.69) is 59.1 Å². The molecule has 1 saturated heterocycles. The predicted octanol–water partition coefficient (Wildman–Crippen LogP) is 4.61. The van der Waals surface area contributed by atoms with Crippen molar-refractivity contribution >= 4 is 11.3 Å². The minimum absolute atomic E-state index is 0.206. The van der Waals surface area contributed by atoms with Crippen molar-refractivity contribution in [1.29, 1.82) is 0 Å². The zero-order chi connectivity index (χ0) is 21.3. The van der Waals surface area contributed by atoms with Crippen molar-refractivity contribution in [3.8, 4) is 0 Å². The van der Waals surface area contributed by atoms with Gasteiger partial charge in [-0.3, -0.25) is 9.80 Å². The number of hydrogen-bond donors (Lipinski definition) is 0. The van der Waals surface area contributed by atoms with Gasteiger partial charge >= 0.3 is 6.18 Å². The van der Waals surface area contributed by atoms with E-state index in [1.54, 1.807) is 6.07 Å². The number of anilines is 1. The van der Waals surface area contributed by atoms with E-state index in [1.807, 2.05) is 6.07 Å². The first-order chi connectivity index (χ1) is 14.3. The number of likely N-dealkylation sites (N-methyl/N-ethyl adjacent to an activating group) is 2. The molecule has 1 fully saturated rings. The summed E-state index contributed by atoms with van der Waals surface area (Å²) in [5, 5.41) is 0. The van der Waals surface area contributed by atoms with Crippen LogP contribution >= 0.6 is 0 Å². The number of halogens is 3. The lowest BCUT2D eigenvalue weighted by Gasteiger charge is -2.47. The van der Waals surface area contributed by atoms with E-state index < -0.39 is 11.7 Å². The summed E-state index contributed by atoms with van der Waals surface area (Å²) in [6.45, 7) is 3.21. The molecule has 0 aliphatic carbocycles. The molecule has 3 nitrogen and oxygen atoms in total. The van der Waals surface area contributed by atoms with Gasteiger partial charge in [0.1, 0.15) is 0 Å².